The largest absolute Gasteiger partial charge is 0.480 e. The third kappa shape index (κ3) is 2.84. The average molecular weight is 201 g/mol. The van der Waals surface area contributed by atoms with Gasteiger partial charge in [0.1, 0.15) is 0 Å². The molecule has 0 aromatic heterocycles. The van der Waals surface area contributed by atoms with Crippen molar-refractivity contribution in [2.75, 3.05) is 0 Å². The minimum Gasteiger partial charge on any atom is -0.480 e. The SMILES string of the molecule is CCC(C)C(C)(C(=O)O)C(=O)O.[MgH2]. The number of aliphatic carboxylic acids is 2. The highest BCUT2D eigenvalue weighted by Gasteiger charge is 2.45. The monoisotopic (exact) mass is 200 g/mol. The van der Waals surface area contributed by atoms with Crippen molar-refractivity contribution in [3.8, 4) is 0 Å². The lowest BCUT2D eigenvalue weighted by Crippen LogP contribution is -2.41. The molecule has 0 fully saturated rings. The molecule has 1 atom stereocenters. The Morgan fingerprint density at radius 3 is 1.69 bits per heavy atom. The summed E-state index contributed by atoms with van der Waals surface area (Å²) in [5, 5.41) is 17.4. The van der Waals surface area contributed by atoms with E-state index < -0.39 is 17.4 Å². The van der Waals surface area contributed by atoms with Crippen LogP contribution in [0.4, 0.5) is 0 Å². The van der Waals surface area contributed by atoms with Crippen LogP contribution >= 0.6 is 0 Å². The fourth-order valence-electron chi connectivity index (χ4n) is 0.921. The van der Waals surface area contributed by atoms with Crippen LogP contribution in [-0.2, 0) is 9.59 Å². The highest BCUT2D eigenvalue weighted by molar-refractivity contribution is 5.98. The van der Waals surface area contributed by atoms with Crippen LogP contribution in [0, 0.1) is 11.3 Å². The summed E-state index contributed by atoms with van der Waals surface area (Å²) in [5.41, 5.74) is -1.66. The van der Waals surface area contributed by atoms with Crippen LogP contribution in [0.3, 0.4) is 0 Å². The predicted molar refractivity (Wildman–Crippen MR) is 51.4 cm³/mol. The van der Waals surface area contributed by atoms with Gasteiger partial charge in [-0.2, -0.15) is 0 Å². The van der Waals surface area contributed by atoms with Crippen LogP contribution in [0.25, 0.3) is 0 Å². The molecule has 0 saturated heterocycles. The van der Waals surface area contributed by atoms with Crippen LogP contribution in [0.5, 0.6) is 0 Å². The predicted octanol–water partition coefficient (Wildman–Crippen LogP) is 0.292. The maximum Gasteiger partial charge on any atom is 0.321 e. The molecule has 13 heavy (non-hydrogen) atoms. The Hall–Kier alpha value is -0.294. The third-order valence-corrected chi connectivity index (χ3v) is 2.49. The minimum atomic E-state index is -1.66. The zero-order valence-electron chi connectivity index (χ0n) is 7.50. The van der Waals surface area contributed by atoms with Crippen LogP contribution in [0.15, 0.2) is 0 Å². The van der Waals surface area contributed by atoms with Crippen molar-refractivity contribution in [3.05, 3.63) is 0 Å². The van der Waals surface area contributed by atoms with Gasteiger partial charge in [-0.05, 0) is 12.8 Å². The van der Waals surface area contributed by atoms with Crippen molar-refractivity contribution in [1.82, 2.24) is 0 Å². The van der Waals surface area contributed by atoms with Gasteiger partial charge in [-0.1, -0.05) is 20.3 Å². The van der Waals surface area contributed by atoms with Gasteiger partial charge >= 0.3 is 35.0 Å². The number of hydrogen-bond acceptors (Lipinski definition) is 2. The maximum absolute atomic E-state index is 10.7. The first-order valence-electron chi connectivity index (χ1n) is 3.84. The van der Waals surface area contributed by atoms with Gasteiger partial charge in [0, 0.05) is 0 Å². The summed E-state index contributed by atoms with van der Waals surface area (Å²) in [6.45, 7) is 4.64. The molecule has 2 N–H and O–H groups in total. The van der Waals surface area contributed by atoms with Gasteiger partial charge in [0.25, 0.3) is 0 Å². The van der Waals surface area contributed by atoms with E-state index in [1.54, 1.807) is 13.8 Å². The van der Waals surface area contributed by atoms with Gasteiger partial charge in [-0.25, -0.2) is 0 Å². The maximum atomic E-state index is 10.7. The van der Waals surface area contributed by atoms with E-state index in [4.69, 9.17) is 10.2 Å². The Bertz CT molecular complexity index is 188. The second-order valence-electron chi connectivity index (χ2n) is 3.12. The van der Waals surface area contributed by atoms with Gasteiger partial charge < -0.3 is 10.2 Å². The summed E-state index contributed by atoms with van der Waals surface area (Å²) >= 11 is 0. The molecule has 0 aromatic rings. The molecule has 0 bridgehead atoms. The molecule has 74 valence electrons. The molecule has 0 aliphatic heterocycles. The number of hydrogen-bond donors (Lipinski definition) is 2. The summed E-state index contributed by atoms with van der Waals surface area (Å²) in [7, 11) is 0. The molecule has 0 radical (unpaired) electrons. The molecule has 0 heterocycles. The standard InChI is InChI=1S/C8H14O4.Mg.2H/c1-4-5(2)8(3,6(9)10)7(11)12;;;/h5H,4H2,1-3H3,(H,9,10)(H,11,12);;;. The highest BCUT2D eigenvalue weighted by atomic mass is 24.3. The second kappa shape index (κ2) is 5.44. The Morgan fingerprint density at radius 1 is 1.31 bits per heavy atom. The smallest absolute Gasteiger partial charge is 0.321 e. The van der Waals surface area contributed by atoms with Crippen molar-refractivity contribution in [3.63, 3.8) is 0 Å². The third-order valence-electron chi connectivity index (χ3n) is 2.49. The molecule has 0 aliphatic rings. The molecule has 0 rings (SSSR count). The molecule has 5 heteroatoms. The molecule has 0 spiro atoms. The molecule has 4 nitrogen and oxygen atoms in total. The van der Waals surface area contributed by atoms with E-state index >= 15 is 0 Å². The molecule has 0 aliphatic carbocycles. The van der Waals surface area contributed by atoms with Crippen molar-refractivity contribution in [1.29, 1.82) is 0 Å². The summed E-state index contributed by atoms with van der Waals surface area (Å²) in [5.74, 6) is -2.92. The zero-order chi connectivity index (χ0) is 9.94. The summed E-state index contributed by atoms with van der Waals surface area (Å²) in [4.78, 5) is 21.4. The van der Waals surface area contributed by atoms with E-state index in [9.17, 15) is 9.59 Å². The fourth-order valence-corrected chi connectivity index (χ4v) is 0.921. The Morgan fingerprint density at radius 2 is 1.62 bits per heavy atom. The molecule has 0 aromatic carbocycles. The van der Waals surface area contributed by atoms with Crippen molar-refractivity contribution >= 4 is 35.0 Å². The first-order valence-corrected chi connectivity index (χ1v) is 3.84. The average Bonchev–Trinajstić information content (AvgIpc) is 2.00. The van der Waals surface area contributed by atoms with E-state index in [-0.39, 0.29) is 29.0 Å². The van der Waals surface area contributed by atoms with E-state index in [1.165, 1.54) is 6.92 Å². The van der Waals surface area contributed by atoms with Crippen molar-refractivity contribution in [2.24, 2.45) is 11.3 Å². The topological polar surface area (TPSA) is 74.6 Å². The summed E-state index contributed by atoms with van der Waals surface area (Å²) < 4.78 is 0. The van der Waals surface area contributed by atoms with Crippen LogP contribution < -0.4 is 0 Å². The minimum absolute atomic E-state index is 0. The first kappa shape index (κ1) is 15.2. The summed E-state index contributed by atoms with van der Waals surface area (Å²) in [6.07, 6.45) is 0.537. The Kier molecular flexibility index (Phi) is 6.36. The normalized spacial score (nSPS) is 12.8. The summed E-state index contributed by atoms with van der Waals surface area (Å²) in [6, 6.07) is 0. The Labute approximate surface area is 93.5 Å². The quantitative estimate of drug-likeness (QED) is 0.505. The molecular formula is C8H16MgO4. The van der Waals surface area contributed by atoms with Gasteiger partial charge in [0.05, 0.1) is 0 Å². The molecule has 0 amide bonds. The molecule has 1 unspecified atom stereocenters. The van der Waals surface area contributed by atoms with Gasteiger partial charge in [0.15, 0.2) is 5.41 Å². The van der Waals surface area contributed by atoms with Crippen LogP contribution in [0.1, 0.15) is 27.2 Å². The van der Waals surface area contributed by atoms with E-state index in [1.807, 2.05) is 0 Å². The van der Waals surface area contributed by atoms with E-state index in [2.05, 4.69) is 0 Å². The van der Waals surface area contributed by atoms with Crippen molar-refractivity contribution < 1.29 is 19.8 Å². The first-order chi connectivity index (χ1) is 5.37. The van der Waals surface area contributed by atoms with Gasteiger partial charge in [-0.3, -0.25) is 9.59 Å². The number of carbonyl (C=O) groups is 2. The molecular weight excluding hydrogens is 184 g/mol. The van der Waals surface area contributed by atoms with Gasteiger partial charge in [0.2, 0.25) is 0 Å². The van der Waals surface area contributed by atoms with E-state index in [0.29, 0.717) is 6.42 Å². The Balaban J connectivity index is 0. The van der Waals surface area contributed by atoms with Crippen LogP contribution in [0.2, 0.25) is 0 Å². The highest BCUT2D eigenvalue weighted by Crippen LogP contribution is 2.30. The fraction of sp³-hybridized carbons (Fsp3) is 0.750. The van der Waals surface area contributed by atoms with Gasteiger partial charge in [-0.15, -0.1) is 0 Å². The van der Waals surface area contributed by atoms with Crippen LogP contribution in [-0.4, -0.2) is 45.2 Å². The number of carboxylic acids is 2. The molecule has 0 saturated carbocycles. The number of rotatable bonds is 4. The van der Waals surface area contributed by atoms with E-state index in [0.717, 1.165) is 0 Å². The second-order valence-corrected chi connectivity index (χ2v) is 3.12. The van der Waals surface area contributed by atoms with Crippen molar-refractivity contribution in [2.45, 2.75) is 27.2 Å². The number of carboxylic acid groups (broad SMARTS) is 2. The lowest BCUT2D eigenvalue weighted by molar-refractivity contribution is -0.167. The lowest BCUT2D eigenvalue weighted by atomic mass is 9.77. The zero-order valence-corrected chi connectivity index (χ0v) is 7.50. The lowest BCUT2D eigenvalue weighted by Gasteiger charge is -2.25.